The van der Waals surface area contributed by atoms with Crippen molar-refractivity contribution >= 4 is 17.5 Å². The van der Waals surface area contributed by atoms with Gasteiger partial charge in [0.2, 0.25) is 0 Å². The van der Waals surface area contributed by atoms with Crippen molar-refractivity contribution in [2.45, 2.75) is 6.42 Å². The smallest absolute Gasteiger partial charge is 0.256 e. The van der Waals surface area contributed by atoms with E-state index in [0.717, 1.165) is 23.8 Å². The van der Waals surface area contributed by atoms with E-state index in [-0.39, 0.29) is 5.56 Å². The highest BCUT2D eigenvalue weighted by atomic mass is 19.1. The Hall–Kier alpha value is -3.48. The van der Waals surface area contributed by atoms with Crippen molar-refractivity contribution in [3.63, 3.8) is 0 Å². The molecule has 138 valence electrons. The van der Waals surface area contributed by atoms with Gasteiger partial charge in [0.05, 0.1) is 7.11 Å². The molecule has 0 fully saturated rings. The summed E-state index contributed by atoms with van der Waals surface area (Å²) in [5, 5.41) is 13.8. The molecule has 0 aliphatic heterocycles. The molecule has 0 saturated carbocycles. The van der Waals surface area contributed by atoms with E-state index in [2.05, 4.69) is 20.8 Å². The predicted octanol–water partition coefficient (Wildman–Crippen LogP) is 3.53. The second-order valence-electron chi connectivity index (χ2n) is 5.80. The van der Waals surface area contributed by atoms with Crippen LogP contribution >= 0.6 is 0 Å². The Morgan fingerprint density at radius 3 is 2.56 bits per heavy atom. The van der Waals surface area contributed by atoms with Crippen LogP contribution in [0.15, 0.2) is 60.7 Å². The van der Waals surface area contributed by atoms with Crippen molar-refractivity contribution in [2.75, 3.05) is 24.3 Å². The normalized spacial score (nSPS) is 10.3. The van der Waals surface area contributed by atoms with Crippen LogP contribution in [0.3, 0.4) is 0 Å². The lowest BCUT2D eigenvalue weighted by Gasteiger charge is -2.08. The molecule has 27 heavy (non-hydrogen) atoms. The molecule has 0 aliphatic carbocycles. The molecule has 2 N–H and O–H groups in total. The lowest BCUT2D eigenvalue weighted by Crippen LogP contribution is -2.14. The molecule has 0 spiro atoms. The average molecular weight is 366 g/mol. The van der Waals surface area contributed by atoms with E-state index in [9.17, 15) is 9.18 Å². The highest BCUT2D eigenvalue weighted by Crippen LogP contribution is 2.13. The molecule has 0 bridgehead atoms. The van der Waals surface area contributed by atoms with Gasteiger partial charge in [-0.25, -0.2) is 4.39 Å². The van der Waals surface area contributed by atoms with Gasteiger partial charge in [0.1, 0.15) is 17.4 Å². The maximum Gasteiger partial charge on any atom is 0.256 e. The van der Waals surface area contributed by atoms with Crippen LogP contribution in [0, 0.1) is 5.82 Å². The summed E-state index contributed by atoms with van der Waals surface area (Å²) in [5.41, 5.74) is 1.37. The number of rotatable bonds is 7. The number of anilines is 2. The third-order valence-electron chi connectivity index (χ3n) is 3.85. The fourth-order valence-electron chi connectivity index (χ4n) is 2.47. The van der Waals surface area contributed by atoms with Gasteiger partial charge in [0.15, 0.2) is 5.82 Å². The zero-order valence-corrected chi connectivity index (χ0v) is 14.8. The van der Waals surface area contributed by atoms with Crippen molar-refractivity contribution in [2.24, 2.45) is 0 Å². The number of aromatic nitrogens is 2. The number of halogens is 1. The molecular formula is C20H19FN4O2. The molecule has 3 aromatic rings. The molecule has 2 aromatic carbocycles. The second kappa shape index (κ2) is 8.75. The Kier molecular flexibility index (Phi) is 5.94. The number of carbonyl (C=O) groups excluding carboxylic acids is 1. The Balaban J connectivity index is 1.51. The minimum Gasteiger partial charge on any atom is -0.497 e. The highest BCUT2D eigenvalue weighted by molar-refractivity contribution is 6.03. The van der Waals surface area contributed by atoms with Crippen molar-refractivity contribution in [3.05, 3.63) is 77.6 Å². The zero-order chi connectivity index (χ0) is 19.1. The van der Waals surface area contributed by atoms with Crippen LogP contribution in [-0.4, -0.2) is 29.8 Å². The van der Waals surface area contributed by atoms with E-state index in [1.165, 1.54) is 18.2 Å². The van der Waals surface area contributed by atoms with Gasteiger partial charge >= 0.3 is 0 Å². The summed E-state index contributed by atoms with van der Waals surface area (Å²) in [6.45, 7) is 0.677. The highest BCUT2D eigenvalue weighted by Gasteiger charge is 2.08. The molecule has 6 nitrogen and oxygen atoms in total. The molecule has 3 rings (SSSR count). The number of amides is 1. The van der Waals surface area contributed by atoms with Gasteiger partial charge < -0.3 is 15.4 Å². The van der Waals surface area contributed by atoms with Crippen LogP contribution < -0.4 is 15.4 Å². The van der Waals surface area contributed by atoms with Crippen molar-refractivity contribution in [3.8, 4) is 5.75 Å². The van der Waals surface area contributed by atoms with Crippen LogP contribution in [0.1, 0.15) is 15.9 Å². The van der Waals surface area contributed by atoms with Gasteiger partial charge in [-0.05, 0) is 54.4 Å². The Morgan fingerprint density at radius 1 is 1.04 bits per heavy atom. The van der Waals surface area contributed by atoms with Crippen LogP contribution in [-0.2, 0) is 6.42 Å². The molecule has 0 aliphatic rings. The lowest BCUT2D eigenvalue weighted by atomic mass is 10.1. The molecule has 0 atom stereocenters. The quantitative estimate of drug-likeness (QED) is 0.669. The number of nitrogens with zero attached hydrogens (tertiary/aromatic N) is 2. The number of nitrogens with one attached hydrogen (secondary N) is 2. The Labute approximate surface area is 156 Å². The first kappa shape index (κ1) is 18.3. The fraction of sp³-hybridized carbons (Fsp3) is 0.150. The summed E-state index contributed by atoms with van der Waals surface area (Å²) in [4.78, 5) is 12.1. The molecule has 7 heteroatoms. The minimum absolute atomic E-state index is 0.220. The molecule has 0 radical (unpaired) electrons. The summed E-state index contributed by atoms with van der Waals surface area (Å²) in [6, 6.07) is 16.7. The van der Waals surface area contributed by atoms with Crippen LogP contribution in [0.25, 0.3) is 0 Å². The van der Waals surface area contributed by atoms with Gasteiger partial charge in [-0.1, -0.05) is 18.2 Å². The molecule has 1 amide bonds. The number of methoxy groups -OCH3 is 1. The van der Waals surface area contributed by atoms with Gasteiger partial charge in [-0.3, -0.25) is 4.79 Å². The van der Waals surface area contributed by atoms with Crippen molar-refractivity contribution in [1.82, 2.24) is 10.2 Å². The first-order valence-corrected chi connectivity index (χ1v) is 8.41. The predicted molar refractivity (Wildman–Crippen MR) is 102 cm³/mol. The van der Waals surface area contributed by atoms with Crippen LogP contribution in [0.2, 0.25) is 0 Å². The fourth-order valence-corrected chi connectivity index (χ4v) is 2.47. The van der Waals surface area contributed by atoms with Crippen LogP contribution in [0.4, 0.5) is 16.0 Å². The van der Waals surface area contributed by atoms with E-state index in [1.807, 2.05) is 24.3 Å². The SMILES string of the molecule is COc1cccc(CCNc2ccc(NC(=O)c3cccc(F)c3)nn2)c1. The van der Waals surface area contributed by atoms with Gasteiger partial charge in [0.25, 0.3) is 5.91 Å². The van der Waals surface area contributed by atoms with Crippen LogP contribution in [0.5, 0.6) is 5.75 Å². The first-order valence-electron chi connectivity index (χ1n) is 8.41. The van der Waals surface area contributed by atoms with Crippen molar-refractivity contribution < 1.29 is 13.9 Å². The van der Waals surface area contributed by atoms with E-state index in [1.54, 1.807) is 19.2 Å². The number of benzene rings is 2. The number of hydrogen-bond donors (Lipinski definition) is 2. The second-order valence-corrected chi connectivity index (χ2v) is 5.80. The monoisotopic (exact) mass is 366 g/mol. The maximum atomic E-state index is 13.2. The Bertz CT molecular complexity index is 916. The van der Waals surface area contributed by atoms with E-state index in [0.29, 0.717) is 18.2 Å². The first-order chi connectivity index (χ1) is 13.1. The topological polar surface area (TPSA) is 76.1 Å². The molecular weight excluding hydrogens is 347 g/mol. The van der Waals surface area contributed by atoms with Gasteiger partial charge in [-0.15, -0.1) is 10.2 Å². The number of ether oxygens (including phenoxy) is 1. The molecule has 0 unspecified atom stereocenters. The molecule has 0 saturated heterocycles. The molecule has 1 aromatic heterocycles. The third-order valence-corrected chi connectivity index (χ3v) is 3.85. The Morgan fingerprint density at radius 2 is 1.81 bits per heavy atom. The summed E-state index contributed by atoms with van der Waals surface area (Å²) in [6.07, 6.45) is 0.803. The van der Waals surface area contributed by atoms with E-state index in [4.69, 9.17) is 4.74 Å². The summed E-state index contributed by atoms with van der Waals surface area (Å²) in [5.74, 6) is 0.807. The standard InChI is InChI=1S/C20H19FN4O2/c1-27-17-7-2-4-14(12-17)10-11-22-18-8-9-19(25-24-18)23-20(26)15-5-3-6-16(21)13-15/h2-9,12-13H,10-11H2,1H3,(H,22,24)(H,23,25,26). The van der Waals surface area contributed by atoms with Crippen molar-refractivity contribution in [1.29, 1.82) is 0 Å². The lowest BCUT2D eigenvalue weighted by molar-refractivity contribution is 0.102. The third kappa shape index (κ3) is 5.24. The van der Waals surface area contributed by atoms with E-state index >= 15 is 0 Å². The summed E-state index contributed by atoms with van der Waals surface area (Å²) in [7, 11) is 1.64. The molecule has 1 heterocycles. The minimum atomic E-state index is -0.468. The average Bonchev–Trinajstić information content (AvgIpc) is 2.69. The largest absolute Gasteiger partial charge is 0.497 e. The number of carbonyl (C=O) groups is 1. The van der Waals surface area contributed by atoms with Gasteiger partial charge in [0, 0.05) is 12.1 Å². The van der Waals surface area contributed by atoms with E-state index < -0.39 is 11.7 Å². The summed E-state index contributed by atoms with van der Waals surface area (Å²) >= 11 is 0. The zero-order valence-electron chi connectivity index (χ0n) is 14.8. The maximum absolute atomic E-state index is 13.2. The number of hydrogen-bond acceptors (Lipinski definition) is 5. The summed E-state index contributed by atoms with van der Waals surface area (Å²) < 4.78 is 18.4. The van der Waals surface area contributed by atoms with Gasteiger partial charge in [-0.2, -0.15) is 0 Å².